The van der Waals surface area contributed by atoms with Crippen molar-refractivity contribution in [1.29, 1.82) is 0 Å². The van der Waals surface area contributed by atoms with E-state index in [1.54, 1.807) is 0 Å². The number of likely N-dealkylation sites (tertiary alicyclic amines) is 1. The average Bonchev–Trinajstić information content (AvgIpc) is 2.37. The van der Waals surface area contributed by atoms with Crippen LogP contribution in [0.5, 0.6) is 0 Å². The molecule has 2 aliphatic rings. The number of nitrogens with one attached hydrogen (secondary N) is 1. The summed E-state index contributed by atoms with van der Waals surface area (Å²) in [5.74, 6) is 0.519. The fourth-order valence-corrected chi connectivity index (χ4v) is 3.28. The standard InChI is InChI=1S/C14H27N3O/c1-11-13(7-4-8-15-11)14(18)17(3)12-6-5-9-16(2)10-12/h11-13,15H,4-10H2,1-3H3. The smallest absolute Gasteiger partial charge is 0.227 e. The molecule has 0 aliphatic carbocycles. The predicted molar refractivity (Wildman–Crippen MR) is 73.5 cm³/mol. The van der Waals surface area contributed by atoms with Gasteiger partial charge in [-0.2, -0.15) is 0 Å². The van der Waals surface area contributed by atoms with Crippen LogP contribution < -0.4 is 5.32 Å². The Kier molecular flexibility index (Phi) is 4.62. The van der Waals surface area contributed by atoms with E-state index in [0.717, 1.165) is 32.4 Å². The van der Waals surface area contributed by atoms with Gasteiger partial charge in [0.15, 0.2) is 0 Å². The number of likely N-dealkylation sites (N-methyl/N-ethyl adjacent to an activating group) is 2. The van der Waals surface area contributed by atoms with Crippen molar-refractivity contribution in [3.05, 3.63) is 0 Å². The van der Waals surface area contributed by atoms with Crippen LogP contribution in [-0.2, 0) is 4.79 Å². The lowest BCUT2D eigenvalue weighted by atomic mass is 9.90. The first-order valence-corrected chi connectivity index (χ1v) is 7.28. The van der Waals surface area contributed by atoms with Gasteiger partial charge in [0.25, 0.3) is 0 Å². The normalized spacial score (nSPS) is 34.3. The van der Waals surface area contributed by atoms with Gasteiger partial charge in [0, 0.05) is 25.7 Å². The molecule has 18 heavy (non-hydrogen) atoms. The number of nitrogens with zero attached hydrogens (tertiary/aromatic N) is 2. The highest BCUT2D eigenvalue weighted by Crippen LogP contribution is 2.22. The first-order valence-electron chi connectivity index (χ1n) is 7.28. The van der Waals surface area contributed by atoms with Crippen LogP contribution in [0.15, 0.2) is 0 Å². The summed E-state index contributed by atoms with van der Waals surface area (Å²) < 4.78 is 0. The van der Waals surface area contributed by atoms with E-state index in [0.29, 0.717) is 18.0 Å². The lowest BCUT2D eigenvalue weighted by molar-refractivity contribution is -0.139. The second-order valence-electron chi connectivity index (χ2n) is 6.00. The van der Waals surface area contributed by atoms with Crippen LogP contribution in [0.25, 0.3) is 0 Å². The Labute approximate surface area is 111 Å². The van der Waals surface area contributed by atoms with Gasteiger partial charge >= 0.3 is 0 Å². The quantitative estimate of drug-likeness (QED) is 0.795. The molecule has 4 nitrogen and oxygen atoms in total. The summed E-state index contributed by atoms with van der Waals surface area (Å²) in [6.45, 7) is 5.39. The molecule has 2 saturated heterocycles. The van der Waals surface area contributed by atoms with Crippen molar-refractivity contribution in [3.63, 3.8) is 0 Å². The van der Waals surface area contributed by atoms with Gasteiger partial charge < -0.3 is 15.1 Å². The molecule has 0 aromatic heterocycles. The van der Waals surface area contributed by atoms with Crippen molar-refractivity contribution in [2.45, 2.75) is 44.7 Å². The van der Waals surface area contributed by atoms with Crippen molar-refractivity contribution in [2.24, 2.45) is 5.92 Å². The summed E-state index contributed by atoms with van der Waals surface area (Å²) in [7, 11) is 4.14. The SMILES string of the molecule is CC1NCCCC1C(=O)N(C)C1CCCN(C)C1. The van der Waals surface area contributed by atoms with E-state index in [4.69, 9.17) is 0 Å². The summed E-state index contributed by atoms with van der Waals surface area (Å²) in [5, 5.41) is 3.42. The highest BCUT2D eigenvalue weighted by atomic mass is 16.2. The molecule has 0 saturated carbocycles. The minimum Gasteiger partial charge on any atom is -0.341 e. The number of carbonyl (C=O) groups excluding carboxylic acids is 1. The molecule has 0 aromatic carbocycles. The molecule has 4 heteroatoms. The minimum atomic E-state index is 0.177. The van der Waals surface area contributed by atoms with Gasteiger partial charge in [-0.15, -0.1) is 0 Å². The Morgan fingerprint density at radius 1 is 1.33 bits per heavy atom. The minimum absolute atomic E-state index is 0.177. The Hall–Kier alpha value is -0.610. The van der Waals surface area contributed by atoms with Crippen molar-refractivity contribution >= 4 is 5.91 Å². The summed E-state index contributed by atoms with van der Waals surface area (Å²) in [6.07, 6.45) is 4.53. The zero-order valence-corrected chi connectivity index (χ0v) is 12.0. The van der Waals surface area contributed by atoms with Crippen LogP contribution in [-0.4, -0.2) is 61.5 Å². The number of rotatable bonds is 2. The molecule has 2 fully saturated rings. The van der Waals surface area contributed by atoms with Gasteiger partial charge in [-0.05, 0) is 52.7 Å². The lowest BCUT2D eigenvalue weighted by Crippen LogP contribution is -2.53. The molecule has 0 bridgehead atoms. The molecule has 3 unspecified atom stereocenters. The largest absolute Gasteiger partial charge is 0.341 e. The fourth-order valence-electron chi connectivity index (χ4n) is 3.28. The van der Waals surface area contributed by atoms with E-state index in [2.05, 4.69) is 24.2 Å². The van der Waals surface area contributed by atoms with Gasteiger partial charge in [-0.25, -0.2) is 0 Å². The molecule has 3 atom stereocenters. The third-order valence-electron chi connectivity index (χ3n) is 4.57. The first kappa shape index (κ1) is 13.8. The van der Waals surface area contributed by atoms with Crippen molar-refractivity contribution in [1.82, 2.24) is 15.1 Å². The van der Waals surface area contributed by atoms with Crippen LogP contribution in [0, 0.1) is 5.92 Å². The second-order valence-corrected chi connectivity index (χ2v) is 6.00. The van der Waals surface area contributed by atoms with Crippen LogP contribution in [0.4, 0.5) is 0 Å². The van der Waals surface area contributed by atoms with Crippen LogP contribution in [0.3, 0.4) is 0 Å². The molecule has 104 valence electrons. The lowest BCUT2D eigenvalue weighted by Gasteiger charge is -2.39. The van der Waals surface area contributed by atoms with E-state index in [9.17, 15) is 4.79 Å². The highest BCUT2D eigenvalue weighted by molar-refractivity contribution is 5.79. The third kappa shape index (κ3) is 3.04. The Bertz CT molecular complexity index is 295. The molecule has 0 spiro atoms. The third-order valence-corrected chi connectivity index (χ3v) is 4.57. The summed E-state index contributed by atoms with van der Waals surface area (Å²) in [5.41, 5.74) is 0. The second kappa shape index (κ2) is 6.02. The van der Waals surface area contributed by atoms with Crippen LogP contribution in [0.2, 0.25) is 0 Å². The summed E-state index contributed by atoms with van der Waals surface area (Å²) in [6, 6.07) is 0.736. The number of hydrogen-bond acceptors (Lipinski definition) is 3. The molecule has 0 radical (unpaired) electrons. The molecule has 2 aliphatic heterocycles. The molecule has 2 heterocycles. The predicted octanol–water partition coefficient (Wildman–Crippen LogP) is 0.927. The molecule has 1 N–H and O–H groups in total. The number of hydrogen-bond donors (Lipinski definition) is 1. The Morgan fingerprint density at radius 3 is 2.78 bits per heavy atom. The van der Waals surface area contributed by atoms with Crippen LogP contribution >= 0.6 is 0 Å². The van der Waals surface area contributed by atoms with E-state index in [-0.39, 0.29) is 5.92 Å². The molecular weight excluding hydrogens is 226 g/mol. The van der Waals surface area contributed by atoms with Gasteiger partial charge in [0.05, 0.1) is 5.92 Å². The molecule has 0 aromatic rings. The summed E-state index contributed by atoms with van der Waals surface area (Å²) in [4.78, 5) is 16.9. The molecular formula is C14H27N3O. The number of piperidine rings is 2. The maximum atomic E-state index is 12.6. The van der Waals surface area contributed by atoms with E-state index >= 15 is 0 Å². The molecule has 2 rings (SSSR count). The highest BCUT2D eigenvalue weighted by Gasteiger charge is 2.33. The number of amides is 1. The topological polar surface area (TPSA) is 35.6 Å². The zero-order chi connectivity index (χ0) is 13.1. The molecule has 1 amide bonds. The Morgan fingerprint density at radius 2 is 2.11 bits per heavy atom. The Balaban J connectivity index is 1.94. The van der Waals surface area contributed by atoms with Gasteiger partial charge in [-0.1, -0.05) is 0 Å². The van der Waals surface area contributed by atoms with E-state index in [1.807, 2.05) is 11.9 Å². The average molecular weight is 253 g/mol. The number of carbonyl (C=O) groups is 1. The zero-order valence-electron chi connectivity index (χ0n) is 12.0. The van der Waals surface area contributed by atoms with Crippen LogP contribution in [0.1, 0.15) is 32.6 Å². The van der Waals surface area contributed by atoms with Crippen molar-refractivity contribution < 1.29 is 4.79 Å². The maximum Gasteiger partial charge on any atom is 0.227 e. The van der Waals surface area contributed by atoms with Gasteiger partial charge in [-0.3, -0.25) is 4.79 Å². The first-order chi connectivity index (χ1) is 8.59. The van der Waals surface area contributed by atoms with Crippen molar-refractivity contribution in [2.75, 3.05) is 33.7 Å². The van der Waals surface area contributed by atoms with Crippen molar-refractivity contribution in [3.8, 4) is 0 Å². The fraction of sp³-hybridized carbons (Fsp3) is 0.929. The maximum absolute atomic E-state index is 12.6. The van der Waals surface area contributed by atoms with Gasteiger partial charge in [0.1, 0.15) is 0 Å². The van der Waals surface area contributed by atoms with E-state index < -0.39 is 0 Å². The van der Waals surface area contributed by atoms with Gasteiger partial charge in [0.2, 0.25) is 5.91 Å². The monoisotopic (exact) mass is 253 g/mol. The summed E-state index contributed by atoms with van der Waals surface area (Å²) >= 11 is 0. The van der Waals surface area contributed by atoms with E-state index in [1.165, 1.54) is 13.0 Å².